The van der Waals surface area contributed by atoms with E-state index in [0.29, 0.717) is 38.0 Å². The van der Waals surface area contributed by atoms with Crippen molar-refractivity contribution in [3.63, 3.8) is 0 Å². The first kappa shape index (κ1) is 12.7. The van der Waals surface area contributed by atoms with Crippen LogP contribution in [-0.4, -0.2) is 53.5 Å². The van der Waals surface area contributed by atoms with E-state index in [9.17, 15) is 4.79 Å². The van der Waals surface area contributed by atoms with E-state index in [1.54, 1.807) is 6.92 Å². The molecule has 98 valence electrons. The summed E-state index contributed by atoms with van der Waals surface area (Å²) in [5, 5.41) is 11.8. The molecular formula is C11H15N3O4. The van der Waals surface area contributed by atoms with Crippen molar-refractivity contribution in [3.8, 4) is 0 Å². The predicted molar refractivity (Wildman–Crippen MR) is 62.8 cm³/mol. The highest BCUT2D eigenvalue weighted by Crippen LogP contribution is 2.07. The normalized spacial score (nSPS) is 19.5. The highest BCUT2D eigenvalue weighted by atomic mass is 16.6. The molecule has 0 spiro atoms. The molecule has 1 saturated heterocycles. The van der Waals surface area contributed by atoms with Crippen molar-refractivity contribution in [1.29, 1.82) is 0 Å². The van der Waals surface area contributed by atoms with Crippen LogP contribution in [0.5, 0.6) is 0 Å². The summed E-state index contributed by atoms with van der Waals surface area (Å²) in [6.45, 7) is 3.91. The van der Waals surface area contributed by atoms with Gasteiger partial charge in [0.2, 0.25) is 5.95 Å². The Bertz CT molecular complexity index is 432. The molecule has 1 unspecified atom stereocenters. The fourth-order valence-electron chi connectivity index (χ4n) is 1.62. The Balaban J connectivity index is 1.97. The van der Waals surface area contributed by atoms with E-state index < -0.39 is 5.97 Å². The Labute approximate surface area is 104 Å². The molecule has 0 amide bonds. The lowest BCUT2D eigenvalue weighted by Gasteiger charge is -2.23. The van der Waals surface area contributed by atoms with Crippen molar-refractivity contribution >= 4 is 11.9 Å². The number of anilines is 1. The molecule has 1 fully saturated rings. The Morgan fingerprint density at radius 2 is 2.39 bits per heavy atom. The maximum absolute atomic E-state index is 10.8. The third kappa shape index (κ3) is 3.38. The van der Waals surface area contributed by atoms with Crippen LogP contribution < -0.4 is 5.32 Å². The number of aromatic nitrogens is 2. The summed E-state index contributed by atoms with van der Waals surface area (Å²) in [4.78, 5) is 18.9. The lowest BCUT2D eigenvalue weighted by molar-refractivity contribution is -0.0819. The van der Waals surface area contributed by atoms with Crippen LogP contribution in [0.4, 0.5) is 5.95 Å². The van der Waals surface area contributed by atoms with Gasteiger partial charge in [0.25, 0.3) is 0 Å². The van der Waals surface area contributed by atoms with Crippen molar-refractivity contribution < 1.29 is 19.4 Å². The third-order valence-corrected chi connectivity index (χ3v) is 2.45. The number of hydrogen-bond acceptors (Lipinski definition) is 6. The molecule has 1 aromatic rings. The summed E-state index contributed by atoms with van der Waals surface area (Å²) in [5.41, 5.74) is 0.580. The van der Waals surface area contributed by atoms with E-state index in [0.717, 1.165) is 0 Å². The average Bonchev–Trinajstić information content (AvgIpc) is 2.37. The van der Waals surface area contributed by atoms with Crippen molar-refractivity contribution in [1.82, 2.24) is 9.97 Å². The van der Waals surface area contributed by atoms with Gasteiger partial charge in [0.05, 0.1) is 25.9 Å². The number of aryl methyl sites for hydroxylation is 1. The lowest BCUT2D eigenvalue weighted by Crippen LogP contribution is -2.34. The maximum Gasteiger partial charge on any atom is 0.354 e. The van der Waals surface area contributed by atoms with Gasteiger partial charge in [0, 0.05) is 12.2 Å². The van der Waals surface area contributed by atoms with Gasteiger partial charge in [-0.15, -0.1) is 0 Å². The first-order chi connectivity index (χ1) is 8.65. The fraction of sp³-hybridized carbons (Fsp3) is 0.545. The Kier molecular flexibility index (Phi) is 4.06. The van der Waals surface area contributed by atoms with Crippen molar-refractivity contribution in [2.24, 2.45) is 0 Å². The predicted octanol–water partition coefficient (Wildman–Crippen LogP) is 0.311. The zero-order valence-electron chi connectivity index (χ0n) is 10.0. The van der Waals surface area contributed by atoms with Crippen LogP contribution in [0.3, 0.4) is 0 Å². The quantitative estimate of drug-likeness (QED) is 0.797. The van der Waals surface area contributed by atoms with E-state index in [2.05, 4.69) is 15.3 Å². The molecule has 0 bridgehead atoms. The standard InChI is InChI=1S/C11H15N3O4/c1-7-4-9(10(15)16)14-11(13-7)12-5-8-6-17-2-3-18-8/h4,8H,2-3,5-6H2,1H3,(H,15,16)(H,12,13,14). The molecule has 0 aromatic carbocycles. The molecule has 7 nitrogen and oxygen atoms in total. The van der Waals surface area contributed by atoms with Crippen molar-refractivity contribution in [2.75, 3.05) is 31.7 Å². The van der Waals surface area contributed by atoms with Crippen LogP contribution in [0, 0.1) is 6.92 Å². The number of carbonyl (C=O) groups is 1. The Hall–Kier alpha value is -1.73. The first-order valence-corrected chi connectivity index (χ1v) is 5.67. The van der Waals surface area contributed by atoms with Gasteiger partial charge in [0.15, 0.2) is 5.69 Å². The summed E-state index contributed by atoms with van der Waals surface area (Å²) in [6, 6.07) is 1.42. The molecule has 0 aliphatic carbocycles. The second kappa shape index (κ2) is 5.74. The number of carboxylic acid groups (broad SMARTS) is 1. The second-order valence-corrected chi connectivity index (χ2v) is 3.97. The van der Waals surface area contributed by atoms with E-state index in [4.69, 9.17) is 14.6 Å². The molecule has 0 radical (unpaired) electrons. The molecule has 1 aromatic heterocycles. The monoisotopic (exact) mass is 253 g/mol. The minimum absolute atomic E-state index is 0.0224. The Morgan fingerprint density at radius 1 is 1.56 bits per heavy atom. The number of nitrogens with one attached hydrogen (secondary N) is 1. The summed E-state index contributed by atoms with van der Waals surface area (Å²) >= 11 is 0. The van der Waals surface area contributed by atoms with Gasteiger partial charge >= 0.3 is 5.97 Å². The first-order valence-electron chi connectivity index (χ1n) is 5.67. The van der Waals surface area contributed by atoms with Gasteiger partial charge in [-0.1, -0.05) is 0 Å². The van der Waals surface area contributed by atoms with Crippen molar-refractivity contribution in [2.45, 2.75) is 13.0 Å². The van der Waals surface area contributed by atoms with E-state index in [1.165, 1.54) is 6.07 Å². The molecular weight excluding hydrogens is 238 g/mol. The van der Waals surface area contributed by atoms with Crippen LogP contribution in [0.25, 0.3) is 0 Å². The van der Waals surface area contributed by atoms with Crippen LogP contribution in [-0.2, 0) is 9.47 Å². The molecule has 1 aliphatic heterocycles. The van der Waals surface area contributed by atoms with Gasteiger partial charge < -0.3 is 19.9 Å². The molecule has 2 rings (SSSR count). The number of ether oxygens (including phenoxy) is 2. The van der Waals surface area contributed by atoms with Crippen LogP contribution in [0.1, 0.15) is 16.2 Å². The largest absolute Gasteiger partial charge is 0.477 e. The van der Waals surface area contributed by atoms with Gasteiger partial charge in [-0.05, 0) is 13.0 Å². The molecule has 1 atom stereocenters. The minimum atomic E-state index is -1.07. The number of carboxylic acids is 1. The number of nitrogens with zero attached hydrogens (tertiary/aromatic N) is 2. The smallest absolute Gasteiger partial charge is 0.354 e. The third-order valence-electron chi connectivity index (χ3n) is 2.45. The molecule has 2 N–H and O–H groups in total. The van der Waals surface area contributed by atoms with Crippen molar-refractivity contribution in [3.05, 3.63) is 17.5 Å². The molecule has 0 saturated carbocycles. The molecule has 1 aliphatic rings. The topological polar surface area (TPSA) is 93.6 Å². The van der Waals surface area contributed by atoms with E-state index in [1.807, 2.05) is 0 Å². The SMILES string of the molecule is Cc1cc(C(=O)O)nc(NCC2COCCO2)n1. The summed E-state index contributed by atoms with van der Waals surface area (Å²) < 4.78 is 10.7. The van der Waals surface area contributed by atoms with Gasteiger partial charge in [0.1, 0.15) is 0 Å². The molecule has 18 heavy (non-hydrogen) atoms. The second-order valence-electron chi connectivity index (χ2n) is 3.97. The number of aromatic carboxylic acids is 1. The lowest BCUT2D eigenvalue weighted by atomic mass is 10.3. The summed E-state index contributed by atoms with van der Waals surface area (Å²) in [5.74, 6) is -0.776. The van der Waals surface area contributed by atoms with Gasteiger partial charge in [-0.3, -0.25) is 0 Å². The van der Waals surface area contributed by atoms with Crippen LogP contribution >= 0.6 is 0 Å². The highest BCUT2D eigenvalue weighted by molar-refractivity contribution is 5.85. The highest BCUT2D eigenvalue weighted by Gasteiger charge is 2.15. The molecule has 7 heteroatoms. The van der Waals surface area contributed by atoms with Gasteiger partial charge in [-0.25, -0.2) is 14.8 Å². The van der Waals surface area contributed by atoms with Gasteiger partial charge in [-0.2, -0.15) is 0 Å². The van der Waals surface area contributed by atoms with Crippen LogP contribution in [0.2, 0.25) is 0 Å². The maximum atomic E-state index is 10.8. The average molecular weight is 253 g/mol. The fourth-order valence-corrected chi connectivity index (χ4v) is 1.62. The zero-order valence-corrected chi connectivity index (χ0v) is 10.0. The van der Waals surface area contributed by atoms with E-state index in [-0.39, 0.29) is 11.8 Å². The zero-order chi connectivity index (χ0) is 13.0. The minimum Gasteiger partial charge on any atom is -0.477 e. The van der Waals surface area contributed by atoms with E-state index >= 15 is 0 Å². The Morgan fingerprint density at radius 3 is 3.06 bits per heavy atom. The van der Waals surface area contributed by atoms with Crippen LogP contribution in [0.15, 0.2) is 6.07 Å². The summed E-state index contributed by atoms with van der Waals surface area (Å²) in [7, 11) is 0. The number of rotatable bonds is 4. The summed E-state index contributed by atoms with van der Waals surface area (Å²) in [6.07, 6.45) is -0.0591. The number of hydrogen-bond donors (Lipinski definition) is 2. The molecule has 2 heterocycles.